The zero-order chi connectivity index (χ0) is 19.4. The van der Waals surface area contributed by atoms with E-state index in [1.54, 1.807) is 31.4 Å². The summed E-state index contributed by atoms with van der Waals surface area (Å²) in [6, 6.07) is 11.2. The van der Waals surface area contributed by atoms with Crippen molar-refractivity contribution in [2.45, 2.75) is 31.0 Å². The first kappa shape index (κ1) is 20.1. The van der Waals surface area contributed by atoms with Crippen LogP contribution in [0.15, 0.2) is 42.6 Å². The van der Waals surface area contributed by atoms with E-state index in [-0.39, 0.29) is 5.91 Å². The molecule has 1 fully saturated rings. The first-order chi connectivity index (χ1) is 13.0. The predicted octanol–water partition coefficient (Wildman–Crippen LogP) is 4.46. The third kappa shape index (κ3) is 4.27. The smallest absolute Gasteiger partial charge is 0.228 e. The lowest BCUT2D eigenvalue weighted by Gasteiger charge is -2.44. The van der Waals surface area contributed by atoms with E-state index >= 15 is 0 Å². The number of anilines is 1. The quantitative estimate of drug-likeness (QED) is 0.661. The van der Waals surface area contributed by atoms with Gasteiger partial charge in [-0.05, 0) is 36.2 Å². The fraction of sp³-hybridized carbons (Fsp3) is 0.400. The van der Waals surface area contributed by atoms with Crippen LogP contribution < -0.4 is 4.90 Å². The molecule has 1 atom stereocenters. The number of halogens is 2. The van der Waals surface area contributed by atoms with Crippen LogP contribution in [-0.2, 0) is 19.7 Å². The molecule has 7 heteroatoms. The van der Waals surface area contributed by atoms with Gasteiger partial charge in [0.2, 0.25) is 5.91 Å². The number of methoxy groups -OCH3 is 2. The third-order valence-corrected chi connectivity index (χ3v) is 5.86. The van der Waals surface area contributed by atoms with Crippen molar-refractivity contribution in [3.05, 3.63) is 58.2 Å². The second-order valence-electron chi connectivity index (χ2n) is 6.68. The van der Waals surface area contributed by atoms with Crippen LogP contribution in [0, 0.1) is 0 Å². The molecule has 144 valence electrons. The van der Waals surface area contributed by atoms with Crippen LogP contribution >= 0.6 is 23.2 Å². The van der Waals surface area contributed by atoms with Crippen LogP contribution in [0.5, 0.6) is 0 Å². The summed E-state index contributed by atoms with van der Waals surface area (Å²) in [4.78, 5) is 18.7. The van der Waals surface area contributed by atoms with Crippen molar-refractivity contribution in [2.75, 3.05) is 25.7 Å². The summed E-state index contributed by atoms with van der Waals surface area (Å²) in [7, 11) is 3.22. The van der Waals surface area contributed by atoms with Gasteiger partial charge in [0.25, 0.3) is 0 Å². The van der Waals surface area contributed by atoms with Gasteiger partial charge in [-0.25, -0.2) is 4.98 Å². The molecule has 0 N–H and O–H groups in total. The van der Waals surface area contributed by atoms with Gasteiger partial charge in [0, 0.05) is 45.2 Å². The van der Waals surface area contributed by atoms with Crippen molar-refractivity contribution < 1.29 is 14.3 Å². The van der Waals surface area contributed by atoms with E-state index in [0.717, 1.165) is 5.56 Å². The average molecular weight is 409 g/mol. The predicted molar refractivity (Wildman–Crippen MR) is 106 cm³/mol. The normalized spacial score (nSPS) is 20.3. The number of nitrogens with zero attached hydrogens (tertiary/aromatic N) is 2. The van der Waals surface area contributed by atoms with Gasteiger partial charge >= 0.3 is 0 Å². The van der Waals surface area contributed by atoms with Crippen molar-refractivity contribution in [3.63, 3.8) is 0 Å². The Hall–Kier alpha value is -1.66. The minimum atomic E-state index is -0.404. The molecule has 0 spiro atoms. The highest BCUT2D eigenvalue weighted by Gasteiger charge is 2.43. The maximum Gasteiger partial charge on any atom is 0.228 e. The molecule has 1 aliphatic rings. The Morgan fingerprint density at radius 3 is 2.59 bits per heavy atom. The van der Waals surface area contributed by atoms with Crippen LogP contribution in [0.2, 0.25) is 10.0 Å². The summed E-state index contributed by atoms with van der Waals surface area (Å²) in [6.07, 6.45) is 2.92. The molecule has 5 nitrogen and oxygen atoms in total. The van der Waals surface area contributed by atoms with Crippen molar-refractivity contribution in [2.24, 2.45) is 0 Å². The molecule has 0 aliphatic carbocycles. The van der Waals surface area contributed by atoms with Crippen LogP contribution in [0.25, 0.3) is 0 Å². The molecule has 3 rings (SSSR count). The topological polar surface area (TPSA) is 51.7 Å². The molecule has 1 saturated heterocycles. The average Bonchev–Trinajstić information content (AvgIpc) is 2.70. The van der Waals surface area contributed by atoms with E-state index in [9.17, 15) is 4.79 Å². The molecule has 1 unspecified atom stereocenters. The fourth-order valence-corrected chi connectivity index (χ4v) is 3.90. The number of hydrogen-bond donors (Lipinski definition) is 0. The maximum absolute atomic E-state index is 12.6. The van der Waals surface area contributed by atoms with E-state index in [1.165, 1.54) is 0 Å². The monoisotopic (exact) mass is 408 g/mol. The SMILES string of the molecule is COC(CC1(c2ccc(Cl)c(Cl)c2)CCC(=O)N(c2ccccn2)C1)OC. The molecule has 0 saturated carbocycles. The van der Waals surface area contributed by atoms with E-state index in [2.05, 4.69) is 4.98 Å². The Kier molecular flexibility index (Phi) is 6.37. The number of hydrogen-bond acceptors (Lipinski definition) is 4. The number of ether oxygens (including phenoxy) is 2. The van der Waals surface area contributed by atoms with Gasteiger partial charge < -0.3 is 9.47 Å². The lowest BCUT2D eigenvalue weighted by Crippen LogP contribution is -2.51. The molecule has 1 amide bonds. The Morgan fingerprint density at radius 1 is 1.19 bits per heavy atom. The summed E-state index contributed by atoms with van der Waals surface area (Å²) in [5, 5.41) is 0.986. The summed E-state index contributed by atoms with van der Waals surface area (Å²) in [6.45, 7) is 0.462. The molecule has 1 aromatic heterocycles. The van der Waals surface area contributed by atoms with Gasteiger partial charge in [-0.2, -0.15) is 0 Å². The van der Waals surface area contributed by atoms with Gasteiger partial charge in [-0.3, -0.25) is 9.69 Å². The van der Waals surface area contributed by atoms with E-state index in [0.29, 0.717) is 41.7 Å². The Morgan fingerprint density at radius 2 is 1.96 bits per heavy atom. The number of rotatable bonds is 6. The highest BCUT2D eigenvalue weighted by Crippen LogP contribution is 2.42. The molecule has 2 heterocycles. The standard InChI is InChI=1S/C20H22Cl2N2O3/c1-26-19(27-2)12-20(14-6-7-15(21)16(22)11-14)9-8-18(25)24(13-20)17-5-3-4-10-23-17/h3-7,10-11,19H,8-9,12-13H2,1-2H3. The van der Waals surface area contributed by atoms with E-state index in [1.807, 2.05) is 30.3 Å². The highest BCUT2D eigenvalue weighted by molar-refractivity contribution is 6.42. The number of amides is 1. The zero-order valence-corrected chi connectivity index (χ0v) is 16.8. The van der Waals surface area contributed by atoms with Gasteiger partial charge in [0.05, 0.1) is 10.0 Å². The molecule has 2 aromatic rings. The van der Waals surface area contributed by atoms with Crippen LogP contribution in [0.4, 0.5) is 5.82 Å². The summed E-state index contributed by atoms with van der Waals surface area (Å²) >= 11 is 12.4. The summed E-state index contributed by atoms with van der Waals surface area (Å²) < 4.78 is 10.9. The van der Waals surface area contributed by atoms with E-state index in [4.69, 9.17) is 32.7 Å². The van der Waals surface area contributed by atoms with E-state index < -0.39 is 11.7 Å². The molecule has 27 heavy (non-hydrogen) atoms. The van der Waals surface area contributed by atoms with Crippen LogP contribution in [0.3, 0.4) is 0 Å². The zero-order valence-electron chi connectivity index (χ0n) is 15.3. The minimum absolute atomic E-state index is 0.0516. The van der Waals surface area contributed by atoms with Gasteiger partial charge in [0.1, 0.15) is 5.82 Å². The van der Waals surface area contributed by atoms with Crippen molar-refractivity contribution in [3.8, 4) is 0 Å². The summed E-state index contributed by atoms with van der Waals surface area (Å²) in [5.41, 5.74) is 0.612. The Balaban J connectivity index is 2.03. The van der Waals surface area contributed by atoms with Crippen LogP contribution in [0.1, 0.15) is 24.8 Å². The molecule has 0 bridgehead atoms. The summed E-state index contributed by atoms with van der Waals surface area (Å²) in [5.74, 6) is 0.689. The molecule has 1 aromatic carbocycles. The first-order valence-corrected chi connectivity index (χ1v) is 9.47. The highest BCUT2D eigenvalue weighted by atomic mass is 35.5. The van der Waals surface area contributed by atoms with Crippen molar-refractivity contribution in [1.29, 1.82) is 0 Å². The number of pyridine rings is 1. The second kappa shape index (κ2) is 8.57. The fourth-order valence-electron chi connectivity index (χ4n) is 3.60. The lowest BCUT2D eigenvalue weighted by atomic mass is 9.71. The first-order valence-electron chi connectivity index (χ1n) is 8.71. The Labute approximate surface area is 169 Å². The van der Waals surface area contributed by atoms with Gasteiger partial charge in [-0.1, -0.05) is 35.3 Å². The van der Waals surface area contributed by atoms with Gasteiger partial charge in [0.15, 0.2) is 6.29 Å². The largest absolute Gasteiger partial charge is 0.356 e. The number of piperidine rings is 1. The van der Waals surface area contributed by atoms with Crippen molar-refractivity contribution >= 4 is 34.9 Å². The number of benzene rings is 1. The molecular formula is C20H22Cl2N2O3. The second-order valence-corrected chi connectivity index (χ2v) is 7.50. The number of carbonyl (C=O) groups excluding carboxylic acids is 1. The van der Waals surface area contributed by atoms with Crippen LogP contribution in [-0.4, -0.2) is 37.9 Å². The maximum atomic E-state index is 12.6. The van der Waals surface area contributed by atoms with Crippen molar-refractivity contribution in [1.82, 2.24) is 4.98 Å². The van der Waals surface area contributed by atoms with Gasteiger partial charge in [-0.15, -0.1) is 0 Å². The number of carbonyl (C=O) groups is 1. The molecule has 0 radical (unpaired) electrons. The lowest BCUT2D eigenvalue weighted by molar-refractivity contribution is -0.127. The minimum Gasteiger partial charge on any atom is -0.356 e. The molecule has 1 aliphatic heterocycles. The molecular weight excluding hydrogens is 387 g/mol. The third-order valence-electron chi connectivity index (χ3n) is 5.12. The Bertz CT molecular complexity index is 799. The number of aromatic nitrogens is 1.